The summed E-state index contributed by atoms with van der Waals surface area (Å²) in [4.78, 5) is 75.2. The molecule has 2 heterocycles. The van der Waals surface area contributed by atoms with E-state index in [2.05, 4.69) is 0 Å². The van der Waals surface area contributed by atoms with E-state index in [1.807, 2.05) is 0 Å². The number of phenols is 3. The molecule has 0 spiro atoms. The normalized spacial score (nSPS) is 19.3. The van der Waals surface area contributed by atoms with E-state index in [1.165, 1.54) is 49.4 Å². The number of aromatic hydroxyl groups is 3. The van der Waals surface area contributed by atoms with Crippen LogP contribution >= 0.6 is 0 Å². The van der Waals surface area contributed by atoms with Crippen molar-refractivity contribution < 1.29 is 76.9 Å². The maximum absolute atomic E-state index is 14.1. The lowest BCUT2D eigenvalue weighted by Crippen LogP contribution is -2.63. The summed E-state index contributed by atoms with van der Waals surface area (Å²) in [6, 6.07) is 13.4. The molecule has 0 radical (unpaired) electrons. The Hall–Kier alpha value is -6.88. The minimum absolute atomic E-state index is 0.139. The molecule has 5 rings (SSSR count). The molecule has 1 fully saturated rings. The van der Waals surface area contributed by atoms with Crippen LogP contribution in [0, 0.1) is 0 Å². The van der Waals surface area contributed by atoms with Gasteiger partial charge >= 0.3 is 29.8 Å². The van der Waals surface area contributed by atoms with Gasteiger partial charge in [0.2, 0.25) is 23.6 Å². The zero-order chi connectivity index (χ0) is 40.0. The lowest BCUT2D eigenvalue weighted by molar-refractivity contribution is -0.288. The van der Waals surface area contributed by atoms with Crippen LogP contribution < -0.4 is 14.9 Å². The largest absolute Gasteiger partial charge is 0.508 e. The Morgan fingerprint density at radius 1 is 0.745 bits per heavy atom. The highest BCUT2D eigenvalue weighted by Crippen LogP contribution is 2.38. The molecule has 5 atom stereocenters. The van der Waals surface area contributed by atoms with E-state index in [0.29, 0.717) is 5.56 Å². The minimum atomic E-state index is -1.88. The number of carbonyl (C=O) groups is 5. The van der Waals surface area contributed by atoms with Crippen LogP contribution in [0.3, 0.4) is 0 Å². The van der Waals surface area contributed by atoms with Crippen molar-refractivity contribution in [2.45, 2.75) is 58.4 Å². The quantitative estimate of drug-likeness (QED) is 0.0855. The van der Waals surface area contributed by atoms with Gasteiger partial charge in [0.1, 0.15) is 46.7 Å². The third kappa shape index (κ3) is 9.76. The van der Waals surface area contributed by atoms with Crippen LogP contribution in [0.25, 0.3) is 28.4 Å². The molecular formula is C38H34O17. The lowest BCUT2D eigenvalue weighted by Gasteiger charge is -2.43. The number of esters is 5. The molecule has 3 N–H and O–H groups in total. The molecule has 1 aliphatic rings. The van der Waals surface area contributed by atoms with Crippen LogP contribution in [-0.4, -0.2) is 82.5 Å². The van der Waals surface area contributed by atoms with Gasteiger partial charge in [0, 0.05) is 51.5 Å². The Morgan fingerprint density at radius 2 is 1.36 bits per heavy atom. The van der Waals surface area contributed by atoms with Gasteiger partial charge in [-0.3, -0.25) is 24.0 Å². The van der Waals surface area contributed by atoms with E-state index in [-0.39, 0.29) is 28.4 Å². The van der Waals surface area contributed by atoms with Gasteiger partial charge < -0.3 is 52.9 Å². The first-order valence-corrected chi connectivity index (χ1v) is 16.4. The first kappa shape index (κ1) is 39.3. The lowest BCUT2D eigenvalue weighted by atomic mass is 9.98. The van der Waals surface area contributed by atoms with Gasteiger partial charge in [-0.2, -0.15) is 0 Å². The highest BCUT2D eigenvalue weighted by molar-refractivity contribution is 5.88. The van der Waals surface area contributed by atoms with Gasteiger partial charge in [-0.05, 0) is 48.0 Å². The maximum atomic E-state index is 14.1. The molecule has 0 bridgehead atoms. The fourth-order valence-corrected chi connectivity index (χ4v) is 5.57. The van der Waals surface area contributed by atoms with Crippen LogP contribution in [-0.2, 0) is 47.7 Å². The highest BCUT2D eigenvalue weighted by Gasteiger charge is 2.54. The summed E-state index contributed by atoms with van der Waals surface area (Å²) in [7, 11) is 0. The second-order valence-corrected chi connectivity index (χ2v) is 12.0. The Balaban J connectivity index is 1.54. The van der Waals surface area contributed by atoms with Gasteiger partial charge in [-0.1, -0.05) is 12.1 Å². The van der Waals surface area contributed by atoms with E-state index in [9.17, 15) is 44.1 Å². The number of hydrogen-bond donors (Lipinski definition) is 3. The summed E-state index contributed by atoms with van der Waals surface area (Å²) >= 11 is 0. The SMILES string of the molecule is CC(=O)Oc1ccc(/C=C/C(=O)OC[C@@H]2O[C@H](Oc3c(-c4ccc(O)cc4)oc4cc(O)cc(O)c4c3=O)[C@@H](OC(C)=O)[C@H](OC(C)=O)[C@H]2OC(C)=O)cc1. The zero-order valence-corrected chi connectivity index (χ0v) is 29.6. The van der Waals surface area contributed by atoms with E-state index in [1.54, 1.807) is 12.1 Å². The summed E-state index contributed by atoms with van der Waals surface area (Å²) in [5, 5.41) is 30.2. The second kappa shape index (κ2) is 16.9. The number of carbonyl (C=O) groups excluding carboxylic acids is 5. The summed E-state index contributed by atoms with van der Waals surface area (Å²) < 4.78 is 44.9. The van der Waals surface area contributed by atoms with Crippen molar-refractivity contribution in [1.29, 1.82) is 0 Å². The van der Waals surface area contributed by atoms with Crippen LogP contribution in [0.1, 0.15) is 33.3 Å². The molecule has 1 aromatic heterocycles. The second-order valence-electron chi connectivity index (χ2n) is 12.0. The van der Waals surface area contributed by atoms with Gasteiger partial charge in [-0.25, -0.2) is 4.79 Å². The van der Waals surface area contributed by atoms with E-state index in [0.717, 1.165) is 39.0 Å². The van der Waals surface area contributed by atoms with Gasteiger partial charge in [0.05, 0.1) is 0 Å². The third-order valence-electron chi connectivity index (χ3n) is 7.72. The molecule has 0 amide bonds. The molecule has 17 nitrogen and oxygen atoms in total. The van der Waals surface area contributed by atoms with Gasteiger partial charge in [0.15, 0.2) is 18.0 Å². The Kier molecular flexibility index (Phi) is 12.1. The van der Waals surface area contributed by atoms with Crippen molar-refractivity contribution in [2.24, 2.45) is 0 Å². The maximum Gasteiger partial charge on any atom is 0.330 e. The van der Waals surface area contributed by atoms with Crippen LogP contribution in [0.5, 0.6) is 28.7 Å². The highest BCUT2D eigenvalue weighted by atomic mass is 16.7. The summed E-state index contributed by atoms with van der Waals surface area (Å²) in [6.07, 6.45) is -5.91. The number of ether oxygens (including phenoxy) is 7. The monoisotopic (exact) mass is 762 g/mol. The fraction of sp³-hybridized carbons (Fsp3) is 0.263. The Bertz CT molecular complexity index is 2190. The number of benzene rings is 3. The van der Waals surface area contributed by atoms with Crippen molar-refractivity contribution in [2.75, 3.05) is 6.61 Å². The molecule has 4 aromatic rings. The average Bonchev–Trinajstić information content (AvgIpc) is 3.10. The molecule has 55 heavy (non-hydrogen) atoms. The predicted octanol–water partition coefficient (Wildman–Crippen LogP) is 3.66. The Morgan fingerprint density at radius 3 is 1.98 bits per heavy atom. The molecule has 288 valence electrons. The van der Waals surface area contributed by atoms with Crippen molar-refractivity contribution >= 4 is 46.9 Å². The molecule has 1 saturated heterocycles. The van der Waals surface area contributed by atoms with Crippen molar-refractivity contribution in [1.82, 2.24) is 0 Å². The molecule has 1 aliphatic heterocycles. The smallest absolute Gasteiger partial charge is 0.330 e. The first-order chi connectivity index (χ1) is 26.1. The fourth-order valence-electron chi connectivity index (χ4n) is 5.57. The van der Waals surface area contributed by atoms with Crippen LogP contribution in [0.15, 0.2) is 76.0 Å². The topological polar surface area (TPSA) is 241 Å². The average molecular weight is 763 g/mol. The van der Waals surface area contributed by atoms with Crippen molar-refractivity contribution in [3.63, 3.8) is 0 Å². The van der Waals surface area contributed by atoms with Crippen LogP contribution in [0.4, 0.5) is 0 Å². The zero-order valence-electron chi connectivity index (χ0n) is 29.6. The molecular weight excluding hydrogens is 728 g/mol. The number of rotatable bonds is 11. The summed E-state index contributed by atoms with van der Waals surface area (Å²) in [5.74, 6) is -6.05. The van der Waals surface area contributed by atoms with Crippen molar-refractivity contribution in [3.05, 3.63) is 82.5 Å². The third-order valence-corrected chi connectivity index (χ3v) is 7.72. The number of hydrogen-bond acceptors (Lipinski definition) is 17. The van der Waals surface area contributed by atoms with Crippen molar-refractivity contribution in [3.8, 4) is 40.1 Å². The minimum Gasteiger partial charge on any atom is -0.508 e. The molecule has 0 saturated carbocycles. The van der Waals surface area contributed by atoms with Crippen LogP contribution in [0.2, 0.25) is 0 Å². The van der Waals surface area contributed by atoms with Gasteiger partial charge in [0.25, 0.3) is 0 Å². The first-order valence-electron chi connectivity index (χ1n) is 16.4. The van der Waals surface area contributed by atoms with Gasteiger partial charge in [-0.15, -0.1) is 0 Å². The predicted molar refractivity (Wildman–Crippen MR) is 187 cm³/mol. The molecule has 3 aromatic carbocycles. The number of fused-ring (bicyclic) bond motifs is 1. The molecule has 17 heteroatoms. The number of phenolic OH excluding ortho intramolecular Hbond substituents is 3. The standard InChI is InChI=1S/C38H34O17/c1-18(39)49-26-12-5-22(6-13-26)7-14-30(46)48-17-29-34(50-19(2)40)36(51-20(3)41)37(52-21(4)42)38(54-29)55-35-32(47)31-27(45)15-25(44)16-28(31)53-33(35)23-8-10-24(43)11-9-23/h5-16,29,34,36-38,43-45H,17H2,1-4H3/b14-7+/t29-,34-,36+,37-,38+/m0/s1. The summed E-state index contributed by atoms with van der Waals surface area (Å²) in [5.41, 5.74) is -0.564. The van der Waals surface area contributed by atoms with E-state index in [4.69, 9.17) is 37.6 Å². The molecule has 0 unspecified atom stereocenters. The van der Waals surface area contributed by atoms with E-state index >= 15 is 0 Å². The van der Waals surface area contributed by atoms with E-state index < -0.39 is 95.2 Å². The summed E-state index contributed by atoms with van der Waals surface area (Å²) in [6.45, 7) is 3.66. The molecule has 0 aliphatic carbocycles. The Labute approximate surface area is 311 Å².